The number of hydrogen-bond acceptors (Lipinski definition) is 5. The van der Waals surface area contributed by atoms with E-state index in [1.807, 2.05) is 48.7 Å². The molecular weight excluding hydrogens is 404 g/mol. The molecule has 1 aliphatic heterocycles. The molecule has 1 aliphatic rings. The van der Waals surface area contributed by atoms with Crippen molar-refractivity contribution in [2.24, 2.45) is 12.8 Å². The smallest absolute Gasteiger partial charge is 0.336 e. The molecule has 1 fully saturated rings. The third kappa shape index (κ3) is 4.18. The van der Waals surface area contributed by atoms with Gasteiger partial charge in [0.15, 0.2) is 11.2 Å². The molecule has 0 amide bonds. The summed E-state index contributed by atoms with van der Waals surface area (Å²) < 4.78 is 4.51. The van der Waals surface area contributed by atoms with Gasteiger partial charge < -0.3 is 15.2 Å². The number of aryl methyl sites for hydroxylation is 1. The van der Waals surface area contributed by atoms with Gasteiger partial charge in [-0.05, 0) is 38.3 Å². The summed E-state index contributed by atoms with van der Waals surface area (Å²) in [6, 6.07) is 9.64. The number of rotatable bonds is 5. The van der Waals surface area contributed by atoms with Crippen molar-refractivity contribution in [1.29, 1.82) is 0 Å². The van der Waals surface area contributed by atoms with Gasteiger partial charge in [0.2, 0.25) is 5.95 Å². The van der Waals surface area contributed by atoms with Gasteiger partial charge in [0.05, 0.1) is 0 Å². The highest BCUT2D eigenvalue weighted by Crippen LogP contribution is 2.23. The summed E-state index contributed by atoms with van der Waals surface area (Å²) in [6.07, 6.45) is 7.30. The van der Waals surface area contributed by atoms with Crippen LogP contribution in [-0.2, 0) is 13.6 Å². The SMILES string of the molecule is CC(C)=CCn1c(N2CCCC(N)C2)nc2c1c(=O)n(/C=C/c1ccccc1)c(=O)n2C. The molecule has 8 nitrogen and oxygen atoms in total. The summed E-state index contributed by atoms with van der Waals surface area (Å²) in [4.78, 5) is 33.4. The van der Waals surface area contributed by atoms with Gasteiger partial charge in [-0.25, -0.2) is 9.36 Å². The number of imidazole rings is 1. The average Bonchev–Trinajstić information content (AvgIpc) is 3.17. The maximum atomic E-state index is 13.5. The third-order valence-electron chi connectivity index (χ3n) is 5.80. The molecule has 2 N–H and O–H groups in total. The number of piperidine rings is 1. The zero-order chi connectivity index (χ0) is 22.8. The number of allylic oxidation sites excluding steroid dienone is 2. The maximum absolute atomic E-state index is 13.5. The normalized spacial score (nSPS) is 16.8. The van der Waals surface area contributed by atoms with E-state index in [1.165, 1.54) is 10.8 Å². The minimum Gasteiger partial charge on any atom is -0.341 e. The fourth-order valence-corrected chi connectivity index (χ4v) is 4.06. The Bertz CT molecular complexity index is 1290. The van der Waals surface area contributed by atoms with Crippen LogP contribution in [0.1, 0.15) is 32.3 Å². The molecule has 8 heteroatoms. The number of hydrogen-bond donors (Lipinski definition) is 1. The Hall–Kier alpha value is -3.39. The van der Waals surface area contributed by atoms with Crippen LogP contribution in [0.3, 0.4) is 0 Å². The average molecular weight is 435 g/mol. The van der Waals surface area contributed by atoms with E-state index in [1.54, 1.807) is 13.1 Å². The Morgan fingerprint density at radius 1 is 1.22 bits per heavy atom. The van der Waals surface area contributed by atoms with Gasteiger partial charge in [0.1, 0.15) is 0 Å². The number of anilines is 1. The van der Waals surface area contributed by atoms with Crippen LogP contribution in [0.2, 0.25) is 0 Å². The van der Waals surface area contributed by atoms with Crippen LogP contribution in [-0.4, -0.2) is 37.8 Å². The van der Waals surface area contributed by atoms with E-state index >= 15 is 0 Å². The van der Waals surface area contributed by atoms with Crippen LogP contribution >= 0.6 is 0 Å². The van der Waals surface area contributed by atoms with Crippen molar-refractivity contribution in [3.63, 3.8) is 0 Å². The second-order valence-corrected chi connectivity index (χ2v) is 8.57. The van der Waals surface area contributed by atoms with Crippen molar-refractivity contribution in [3.05, 3.63) is 68.4 Å². The van der Waals surface area contributed by atoms with E-state index in [-0.39, 0.29) is 11.6 Å². The zero-order valence-electron chi connectivity index (χ0n) is 18.9. The maximum Gasteiger partial charge on any atom is 0.336 e. The molecule has 0 saturated carbocycles. The van der Waals surface area contributed by atoms with Crippen molar-refractivity contribution in [2.45, 2.75) is 39.3 Å². The second-order valence-electron chi connectivity index (χ2n) is 8.57. The van der Waals surface area contributed by atoms with Crippen LogP contribution in [0.15, 0.2) is 51.6 Å². The molecule has 3 heterocycles. The Balaban J connectivity index is 1.92. The standard InChI is InChI=1S/C24H30N6O2/c1-17(2)11-14-29-20-21(26-23(29)28-13-7-10-19(25)16-28)27(3)24(32)30(22(20)31)15-12-18-8-5-4-6-9-18/h4-6,8-9,11-12,15,19H,7,10,13-14,16,25H2,1-3H3/b15-12+. The summed E-state index contributed by atoms with van der Waals surface area (Å²) >= 11 is 0. The fraction of sp³-hybridized carbons (Fsp3) is 0.375. The monoisotopic (exact) mass is 434 g/mol. The quantitative estimate of drug-likeness (QED) is 0.623. The van der Waals surface area contributed by atoms with Crippen LogP contribution in [0.25, 0.3) is 23.4 Å². The molecular formula is C24H30N6O2. The first kappa shape index (κ1) is 21.8. The predicted octanol–water partition coefficient (Wildman–Crippen LogP) is 2.42. The van der Waals surface area contributed by atoms with Gasteiger partial charge >= 0.3 is 5.69 Å². The molecule has 0 bridgehead atoms. The molecule has 1 saturated heterocycles. The Morgan fingerprint density at radius 3 is 2.66 bits per heavy atom. The number of benzene rings is 1. The minimum absolute atomic E-state index is 0.0646. The largest absolute Gasteiger partial charge is 0.341 e. The minimum atomic E-state index is -0.427. The van der Waals surface area contributed by atoms with Gasteiger partial charge in [0, 0.05) is 38.9 Å². The summed E-state index contributed by atoms with van der Waals surface area (Å²) in [5.74, 6) is 0.685. The van der Waals surface area contributed by atoms with Crippen LogP contribution < -0.4 is 21.9 Å². The van der Waals surface area contributed by atoms with Crippen LogP contribution in [0, 0.1) is 0 Å². The van der Waals surface area contributed by atoms with Crippen molar-refractivity contribution < 1.29 is 0 Å². The van der Waals surface area contributed by atoms with E-state index in [2.05, 4.69) is 11.0 Å². The summed E-state index contributed by atoms with van der Waals surface area (Å²) in [7, 11) is 1.65. The van der Waals surface area contributed by atoms with E-state index < -0.39 is 5.69 Å². The molecule has 32 heavy (non-hydrogen) atoms. The second kappa shape index (κ2) is 9.00. The molecule has 1 atom stereocenters. The lowest BCUT2D eigenvalue weighted by Gasteiger charge is -2.31. The summed E-state index contributed by atoms with van der Waals surface area (Å²) in [5, 5.41) is 0. The molecule has 2 aromatic heterocycles. The van der Waals surface area contributed by atoms with Gasteiger partial charge in [-0.15, -0.1) is 0 Å². The van der Waals surface area contributed by atoms with E-state index in [0.717, 1.165) is 35.1 Å². The van der Waals surface area contributed by atoms with E-state index in [4.69, 9.17) is 10.7 Å². The summed E-state index contributed by atoms with van der Waals surface area (Å²) in [6.45, 7) is 6.03. The van der Waals surface area contributed by atoms with Crippen molar-refractivity contribution in [3.8, 4) is 0 Å². The molecule has 1 unspecified atom stereocenters. The zero-order valence-corrected chi connectivity index (χ0v) is 18.9. The van der Waals surface area contributed by atoms with Crippen LogP contribution in [0.4, 0.5) is 5.95 Å². The Kier molecular flexibility index (Phi) is 6.14. The fourth-order valence-electron chi connectivity index (χ4n) is 4.06. The van der Waals surface area contributed by atoms with Crippen molar-refractivity contribution >= 4 is 29.4 Å². The molecule has 1 aromatic carbocycles. The van der Waals surface area contributed by atoms with Gasteiger partial charge in [0.25, 0.3) is 5.56 Å². The van der Waals surface area contributed by atoms with Crippen molar-refractivity contribution in [1.82, 2.24) is 18.7 Å². The predicted molar refractivity (Wildman–Crippen MR) is 130 cm³/mol. The number of fused-ring (bicyclic) bond motifs is 1. The Labute approximate surface area is 186 Å². The van der Waals surface area contributed by atoms with Crippen molar-refractivity contribution in [2.75, 3.05) is 18.0 Å². The van der Waals surface area contributed by atoms with E-state index in [9.17, 15) is 9.59 Å². The lowest BCUT2D eigenvalue weighted by atomic mass is 10.1. The molecule has 4 rings (SSSR count). The highest BCUT2D eigenvalue weighted by atomic mass is 16.2. The number of aromatic nitrogens is 4. The van der Waals surface area contributed by atoms with E-state index in [0.29, 0.717) is 30.2 Å². The third-order valence-corrected chi connectivity index (χ3v) is 5.80. The first-order valence-electron chi connectivity index (χ1n) is 11.0. The molecule has 168 valence electrons. The molecule has 3 aromatic rings. The first-order chi connectivity index (χ1) is 15.4. The topological polar surface area (TPSA) is 91.1 Å². The summed E-state index contributed by atoms with van der Waals surface area (Å²) in [5.41, 5.74) is 8.26. The lowest BCUT2D eigenvalue weighted by Crippen LogP contribution is -2.44. The highest BCUT2D eigenvalue weighted by molar-refractivity contribution is 5.76. The molecule has 0 spiro atoms. The Morgan fingerprint density at radius 2 is 1.97 bits per heavy atom. The number of nitrogens with zero attached hydrogens (tertiary/aromatic N) is 5. The molecule has 0 radical (unpaired) electrons. The van der Waals surface area contributed by atoms with Gasteiger partial charge in [-0.2, -0.15) is 4.98 Å². The van der Waals surface area contributed by atoms with Gasteiger partial charge in [-0.3, -0.25) is 9.36 Å². The van der Waals surface area contributed by atoms with Crippen LogP contribution in [0.5, 0.6) is 0 Å². The lowest BCUT2D eigenvalue weighted by molar-refractivity contribution is 0.495. The first-order valence-corrected chi connectivity index (χ1v) is 11.0. The highest BCUT2D eigenvalue weighted by Gasteiger charge is 2.25. The van der Waals surface area contributed by atoms with Gasteiger partial charge in [-0.1, -0.05) is 42.0 Å². The molecule has 0 aliphatic carbocycles. The number of nitrogens with two attached hydrogens (primary N) is 1.